The topological polar surface area (TPSA) is 86.5 Å². The Hall–Kier alpha value is -1.40. The SMILES string of the molecule is Cc1cc(C)c(S(N)(=O)=O)c(C)c1C(=O)OCCC(C)C. The van der Waals surface area contributed by atoms with Crippen molar-refractivity contribution in [3.8, 4) is 0 Å². The minimum Gasteiger partial charge on any atom is -0.462 e. The summed E-state index contributed by atoms with van der Waals surface area (Å²) < 4.78 is 28.6. The largest absolute Gasteiger partial charge is 0.462 e. The van der Waals surface area contributed by atoms with E-state index in [4.69, 9.17) is 9.88 Å². The number of sulfonamides is 1. The van der Waals surface area contributed by atoms with E-state index in [0.717, 1.165) is 6.42 Å². The zero-order valence-electron chi connectivity index (χ0n) is 13.2. The van der Waals surface area contributed by atoms with Crippen LogP contribution in [0.25, 0.3) is 0 Å². The van der Waals surface area contributed by atoms with Crippen molar-refractivity contribution in [2.45, 2.75) is 45.9 Å². The predicted octanol–water partition coefficient (Wildman–Crippen LogP) is 2.46. The van der Waals surface area contributed by atoms with Gasteiger partial charge >= 0.3 is 5.97 Å². The lowest BCUT2D eigenvalue weighted by atomic mass is 10.00. The summed E-state index contributed by atoms with van der Waals surface area (Å²) in [4.78, 5) is 12.2. The van der Waals surface area contributed by atoms with Gasteiger partial charge in [-0.2, -0.15) is 0 Å². The number of hydrogen-bond donors (Lipinski definition) is 1. The Bertz CT molecular complexity index is 648. The highest BCUT2D eigenvalue weighted by Gasteiger charge is 2.23. The maximum Gasteiger partial charge on any atom is 0.338 e. The van der Waals surface area contributed by atoms with Gasteiger partial charge in [0.2, 0.25) is 10.0 Å². The Morgan fingerprint density at radius 2 is 1.81 bits per heavy atom. The Labute approximate surface area is 126 Å². The van der Waals surface area contributed by atoms with Gasteiger partial charge in [-0.3, -0.25) is 0 Å². The number of ether oxygens (including phenoxy) is 1. The van der Waals surface area contributed by atoms with Gasteiger partial charge in [0, 0.05) is 0 Å². The van der Waals surface area contributed by atoms with E-state index in [2.05, 4.69) is 0 Å². The molecule has 0 saturated carbocycles. The molecule has 1 aromatic rings. The van der Waals surface area contributed by atoms with Gasteiger partial charge in [-0.1, -0.05) is 19.9 Å². The van der Waals surface area contributed by atoms with Gasteiger partial charge in [0.05, 0.1) is 17.1 Å². The predicted molar refractivity (Wildman–Crippen MR) is 81.8 cm³/mol. The van der Waals surface area contributed by atoms with Gasteiger partial charge in [0.25, 0.3) is 0 Å². The van der Waals surface area contributed by atoms with Crippen molar-refractivity contribution in [3.63, 3.8) is 0 Å². The second-order valence-electron chi connectivity index (χ2n) is 5.70. The van der Waals surface area contributed by atoms with Crippen LogP contribution in [0.1, 0.15) is 47.3 Å². The van der Waals surface area contributed by atoms with Crippen LogP contribution in [0.3, 0.4) is 0 Å². The highest BCUT2D eigenvalue weighted by atomic mass is 32.2. The van der Waals surface area contributed by atoms with E-state index in [1.165, 1.54) is 0 Å². The lowest BCUT2D eigenvalue weighted by Gasteiger charge is -2.15. The summed E-state index contributed by atoms with van der Waals surface area (Å²) in [5, 5.41) is 5.24. The molecule has 5 nitrogen and oxygen atoms in total. The molecule has 0 spiro atoms. The number of carbonyl (C=O) groups is 1. The molecule has 0 aromatic heterocycles. The molecule has 1 rings (SSSR count). The van der Waals surface area contributed by atoms with Crippen LogP contribution in [0.15, 0.2) is 11.0 Å². The third-order valence-electron chi connectivity index (χ3n) is 3.32. The van der Waals surface area contributed by atoms with Gasteiger partial charge in [-0.25, -0.2) is 18.4 Å². The van der Waals surface area contributed by atoms with Crippen molar-refractivity contribution in [1.82, 2.24) is 0 Å². The van der Waals surface area contributed by atoms with E-state index in [1.807, 2.05) is 13.8 Å². The van der Waals surface area contributed by atoms with Crippen molar-refractivity contribution in [1.29, 1.82) is 0 Å². The first-order valence-corrected chi connectivity index (χ1v) is 8.41. The summed E-state index contributed by atoms with van der Waals surface area (Å²) in [6.07, 6.45) is 0.762. The molecule has 1 aromatic carbocycles. The molecule has 2 N–H and O–H groups in total. The third-order valence-corrected chi connectivity index (χ3v) is 4.52. The second kappa shape index (κ2) is 6.58. The fraction of sp³-hybridized carbons (Fsp3) is 0.533. The third kappa shape index (κ3) is 4.28. The summed E-state index contributed by atoms with van der Waals surface area (Å²) in [7, 11) is -3.88. The number of nitrogens with two attached hydrogens (primary N) is 1. The van der Waals surface area contributed by atoms with Crippen LogP contribution in [0.2, 0.25) is 0 Å². The molecule has 0 radical (unpaired) electrons. The van der Waals surface area contributed by atoms with Crippen LogP contribution in [-0.4, -0.2) is 21.0 Å². The molecule has 0 heterocycles. The summed E-state index contributed by atoms with van der Waals surface area (Å²) in [6.45, 7) is 9.39. The molecule has 118 valence electrons. The van der Waals surface area contributed by atoms with Gasteiger partial charge in [0.1, 0.15) is 0 Å². The highest BCUT2D eigenvalue weighted by Crippen LogP contribution is 2.26. The molecule has 0 aliphatic carbocycles. The minimum atomic E-state index is -3.88. The Balaban J connectivity index is 3.22. The van der Waals surface area contributed by atoms with Gasteiger partial charge < -0.3 is 4.74 Å². The van der Waals surface area contributed by atoms with Crippen LogP contribution in [0.4, 0.5) is 0 Å². The standard InChI is InChI=1S/C15H23NO4S/c1-9(2)6-7-20-15(17)13-10(3)8-11(4)14(12(13)5)21(16,18)19/h8-9H,6-7H2,1-5H3,(H2,16,18,19). The number of carbonyl (C=O) groups excluding carboxylic acids is 1. The van der Waals surface area contributed by atoms with Crippen molar-refractivity contribution < 1.29 is 17.9 Å². The molecule has 0 aliphatic heterocycles. The van der Waals surface area contributed by atoms with Gasteiger partial charge in [-0.15, -0.1) is 0 Å². The number of esters is 1. The van der Waals surface area contributed by atoms with Crippen molar-refractivity contribution in [3.05, 3.63) is 28.3 Å². The average Bonchev–Trinajstić information content (AvgIpc) is 2.24. The van der Waals surface area contributed by atoms with Crippen molar-refractivity contribution in [2.75, 3.05) is 6.61 Å². The summed E-state index contributed by atoms with van der Waals surface area (Å²) >= 11 is 0. The molecule has 0 bridgehead atoms. The number of benzene rings is 1. The second-order valence-corrected chi connectivity index (χ2v) is 7.20. The smallest absolute Gasteiger partial charge is 0.338 e. The fourth-order valence-corrected chi connectivity index (χ4v) is 3.42. The van der Waals surface area contributed by atoms with E-state index in [1.54, 1.807) is 26.8 Å². The van der Waals surface area contributed by atoms with Crippen molar-refractivity contribution in [2.24, 2.45) is 11.1 Å². The summed E-state index contributed by atoms with van der Waals surface area (Å²) in [6, 6.07) is 1.64. The van der Waals surface area contributed by atoms with E-state index >= 15 is 0 Å². The number of rotatable bonds is 5. The molecular weight excluding hydrogens is 290 g/mol. The zero-order chi connectivity index (χ0) is 16.4. The Morgan fingerprint density at radius 1 is 1.24 bits per heavy atom. The van der Waals surface area contributed by atoms with Crippen LogP contribution in [0, 0.1) is 26.7 Å². The van der Waals surface area contributed by atoms with E-state index in [9.17, 15) is 13.2 Å². The number of aryl methyl sites for hydroxylation is 2. The van der Waals surface area contributed by atoms with Crippen LogP contribution >= 0.6 is 0 Å². The van der Waals surface area contributed by atoms with E-state index in [0.29, 0.717) is 29.2 Å². The van der Waals surface area contributed by atoms with Gasteiger partial charge in [-0.05, 0) is 49.8 Å². The van der Waals surface area contributed by atoms with E-state index in [-0.39, 0.29) is 10.5 Å². The minimum absolute atomic E-state index is 0.00362. The lowest BCUT2D eigenvalue weighted by Crippen LogP contribution is -2.19. The van der Waals surface area contributed by atoms with Crippen LogP contribution in [-0.2, 0) is 14.8 Å². The first kappa shape index (κ1) is 17.7. The Morgan fingerprint density at radius 3 is 2.29 bits per heavy atom. The van der Waals surface area contributed by atoms with Gasteiger partial charge in [0.15, 0.2) is 0 Å². The fourth-order valence-electron chi connectivity index (χ4n) is 2.38. The maximum atomic E-state index is 12.2. The molecule has 0 atom stereocenters. The molecule has 21 heavy (non-hydrogen) atoms. The molecule has 6 heteroatoms. The summed E-state index contributed by atoms with van der Waals surface area (Å²) in [5.41, 5.74) is 1.86. The Kier molecular flexibility index (Phi) is 5.53. The quantitative estimate of drug-likeness (QED) is 0.846. The average molecular weight is 313 g/mol. The molecular formula is C15H23NO4S. The first-order valence-electron chi connectivity index (χ1n) is 6.86. The lowest BCUT2D eigenvalue weighted by molar-refractivity contribution is 0.0486. The first-order chi connectivity index (χ1) is 9.55. The maximum absolute atomic E-state index is 12.2. The normalized spacial score (nSPS) is 11.8. The molecule has 0 aliphatic rings. The van der Waals surface area contributed by atoms with Crippen LogP contribution < -0.4 is 5.14 Å². The molecule has 0 unspecified atom stereocenters. The summed E-state index contributed by atoms with van der Waals surface area (Å²) in [5.74, 6) is -0.0754. The number of primary sulfonamides is 1. The molecule has 0 amide bonds. The van der Waals surface area contributed by atoms with Crippen LogP contribution in [0.5, 0.6) is 0 Å². The zero-order valence-corrected chi connectivity index (χ0v) is 14.0. The van der Waals surface area contributed by atoms with E-state index < -0.39 is 16.0 Å². The van der Waals surface area contributed by atoms with Crippen molar-refractivity contribution >= 4 is 16.0 Å². The highest BCUT2D eigenvalue weighted by molar-refractivity contribution is 7.89. The number of hydrogen-bond acceptors (Lipinski definition) is 4. The monoisotopic (exact) mass is 313 g/mol. The molecule has 0 saturated heterocycles. The molecule has 0 fully saturated rings.